The maximum atomic E-state index is 11.9. The van der Waals surface area contributed by atoms with Crippen LogP contribution in [0, 0.1) is 34.0 Å². The first-order valence-corrected chi connectivity index (χ1v) is 9.36. The van der Waals surface area contributed by atoms with Crippen LogP contribution in [0.4, 0.5) is 0 Å². The summed E-state index contributed by atoms with van der Waals surface area (Å²) in [5.74, 6) is -0.450. The summed E-state index contributed by atoms with van der Waals surface area (Å²) in [6.07, 6.45) is 9.12. The van der Waals surface area contributed by atoms with Crippen molar-refractivity contribution in [3.8, 4) is 0 Å². The van der Waals surface area contributed by atoms with Crippen LogP contribution in [0.5, 0.6) is 0 Å². The fourth-order valence-electron chi connectivity index (χ4n) is 7.30. The first-order valence-electron chi connectivity index (χ1n) is 9.36. The number of hydrogen-bond donors (Lipinski definition) is 2. The van der Waals surface area contributed by atoms with E-state index in [2.05, 4.69) is 13.8 Å². The van der Waals surface area contributed by atoms with Gasteiger partial charge >= 0.3 is 5.97 Å². The normalized spacial score (nSPS) is 52.9. The van der Waals surface area contributed by atoms with Crippen LogP contribution >= 0.6 is 0 Å². The zero-order valence-electron chi connectivity index (χ0n) is 14.6. The second kappa shape index (κ2) is 4.94. The topological polar surface area (TPSA) is 74.6 Å². The van der Waals surface area contributed by atoms with Gasteiger partial charge in [0.1, 0.15) is 6.29 Å². The van der Waals surface area contributed by atoms with Gasteiger partial charge in [0.05, 0.1) is 6.10 Å². The maximum Gasteiger partial charge on any atom is 0.331 e. The highest BCUT2D eigenvalue weighted by Gasteiger charge is 2.64. The number of carboxylic acid groups (broad SMARTS) is 1. The summed E-state index contributed by atoms with van der Waals surface area (Å²) in [5.41, 5.74) is 0.0991. The van der Waals surface area contributed by atoms with E-state index in [9.17, 15) is 19.8 Å². The molecule has 4 aliphatic carbocycles. The van der Waals surface area contributed by atoms with Crippen LogP contribution in [0.15, 0.2) is 11.6 Å². The van der Waals surface area contributed by atoms with E-state index in [0.29, 0.717) is 17.9 Å². The van der Waals surface area contributed by atoms with Crippen molar-refractivity contribution in [3.05, 3.63) is 11.6 Å². The van der Waals surface area contributed by atoms with Crippen molar-refractivity contribution >= 4 is 12.3 Å². The molecule has 132 valence electrons. The Kier molecular flexibility index (Phi) is 3.36. The lowest BCUT2D eigenvalue weighted by Gasteiger charge is -2.63. The van der Waals surface area contributed by atoms with E-state index in [1.165, 1.54) is 6.29 Å². The Hall–Kier alpha value is -1.16. The number of hydrogen-bond acceptors (Lipinski definition) is 3. The predicted molar refractivity (Wildman–Crippen MR) is 89.2 cm³/mol. The molecule has 4 aliphatic rings. The van der Waals surface area contributed by atoms with Gasteiger partial charge in [0.2, 0.25) is 0 Å². The van der Waals surface area contributed by atoms with Crippen molar-refractivity contribution in [1.29, 1.82) is 0 Å². The van der Waals surface area contributed by atoms with E-state index < -0.39 is 12.1 Å². The van der Waals surface area contributed by atoms with E-state index in [0.717, 1.165) is 38.5 Å². The smallest absolute Gasteiger partial charge is 0.331 e. The lowest BCUT2D eigenvalue weighted by Crippen LogP contribution is -2.58. The number of aliphatic hydroxyl groups is 1. The van der Waals surface area contributed by atoms with Crippen LogP contribution in [0.1, 0.15) is 58.8 Å². The van der Waals surface area contributed by atoms with Crippen LogP contribution in [0.3, 0.4) is 0 Å². The molecule has 2 bridgehead atoms. The minimum absolute atomic E-state index is 0.0164. The highest BCUT2D eigenvalue weighted by molar-refractivity contribution is 5.88. The van der Waals surface area contributed by atoms with Crippen LogP contribution in [-0.2, 0) is 9.59 Å². The Labute approximate surface area is 143 Å². The van der Waals surface area contributed by atoms with E-state index in [1.54, 1.807) is 0 Å². The summed E-state index contributed by atoms with van der Waals surface area (Å²) < 4.78 is 0. The zero-order chi connectivity index (χ0) is 17.3. The van der Waals surface area contributed by atoms with Crippen molar-refractivity contribution < 1.29 is 19.8 Å². The molecule has 0 amide bonds. The summed E-state index contributed by atoms with van der Waals surface area (Å²) in [5, 5.41) is 20.2. The number of allylic oxidation sites excluding steroid dienone is 1. The summed E-state index contributed by atoms with van der Waals surface area (Å²) >= 11 is 0. The standard InChI is InChI=1S/C20H28O4/c1-18(11-21)5-3-6-19(2)15(18)4-7-20-9-12(13(10-20)17(23)24)14(22)8-16(19)20/h10-12,14-16,22H,3-9H2,1-2H3,(H,23,24)/t12-,14+,15-,16+,18+,19-,20+/m1/s1. The highest BCUT2D eigenvalue weighted by atomic mass is 16.4. The SMILES string of the molecule is C[C@@]12CCC[C@@](C)(C=O)[C@H]1CC[C@@]13C=C(C(=O)O)[C@@H](C1)[C@@H](O)C[C@H]32. The molecule has 0 radical (unpaired) electrons. The monoisotopic (exact) mass is 332 g/mol. The average Bonchev–Trinajstić information content (AvgIpc) is 2.86. The van der Waals surface area contributed by atoms with Gasteiger partial charge in [0, 0.05) is 16.9 Å². The molecular weight excluding hydrogens is 304 g/mol. The molecule has 0 aromatic carbocycles. The summed E-state index contributed by atoms with van der Waals surface area (Å²) in [6.45, 7) is 4.42. The number of rotatable bonds is 2. The quantitative estimate of drug-likeness (QED) is 0.762. The lowest BCUT2D eigenvalue weighted by atomic mass is 9.41. The molecule has 4 heteroatoms. The van der Waals surface area contributed by atoms with Crippen molar-refractivity contribution in [3.63, 3.8) is 0 Å². The Morgan fingerprint density at radius 1 is 1.25 bits per heavy atom. The van der Waals surface area contributed by atoms with E-state index in [4.69, 9.17) is 0 Å². The number of carbonyl (C=O) groups is 2. The molecule has 0 unspecified atom stereocenters. The minimum atomic E-state index is -0.870. The number of carboxylic acids is 1. The molecular formula is C20H28O4. The zero-order valence-corrected chi connectivity index (χ0v) is 14.6. The Bertz CT molecular complexity index is 625. The molecule has 0 aromatic rings. The molecule has 3 saturated carbocycles. The number of aliphatic carboxylic acids is 1. The Balaban J connectivity index is 1.79. The second-order valence-corrected chi connectivity index (χ2v) is 9.38. The van der Waals surface area contributed by atoms with E-state index in [1.807, 2.05) is 6.08 Å². The second-order valence-electron chi connectivity index (χ2n) is 9.38. The molecule has 0 heterocycles. The molecule has 3 fully saturated rings. The van der Waals surface area contributed by atoms with Crippen molar-refractivity contribution in [1.82, 2.24) is 0 Å². The minimum Gasteiger partial charge on any atom is -0.478 e. The predicted octanol–water partition coefficient (Wildman–Crippen LogP) is 3.19. The van der Waals surface area contributed by atoms with Gasteiger partial charge < -0.3 is 15.0 Å². The third kappa shape index (κ3) is 1.89. The highest BCUT2D eigenvalue weighted by Crippen LogP contribution is 2.70. The number of fused-ring (bicyclic) bond motifs is 3. The summed E-state index contributed by atoms with van der Waals surface area (Å²) in [7, 11) is 0. The van der Waals surface area contributed by atoms with Crippen molar-refractivity contribution in [2.75, 3.05) is 0 Å². The molecule has 0 aromatic heterocycles. The lowest BCUT2D eigenvalue weighted by molar-refractivity contribution is -0.161. The van der Waals surface area contributed by atoms with Crippen molar-refractivity contribution in [2.24, 2.45) is 34.0 Å². The largest absolute Gasteiger partial charge is 0.478 e. The van der Waals surface area contributed by atoms with Gasteiger partial charge in [0.15, 0.2) is 0 Å². The number of aldehydes is 1. The molecule has 24 heavy (non-hydrogen) atoms. The fourth-order valence-corrected chi connectivity index (χ4v) is 7.30. The van der Waals surface area contributed by atoms with Gasteiger partial charge in [-0.15, -0.1) is 0 Å². The maximum absolute atomic E-state index is 11.9. The third-order valence-corrected chi connectivity index (χ3v) is 8.31. The Morgan fingerprint density at radius 2 is 2.00 bits per heavy atom. The van der Waals surface area contributed by atoms with E-state index in [-0.39, 0.29) is 28.1 Å². The van der Waals surface area contributed by atoms with Crippen molar-refractivity contribution in [2.45, 2.75) is 64.9 Å². The van der Waals surface area contributed by atoms with E-state index >= 15 is 0 Å². The van der Waals surface area contributed by atoms with Gasteiger partial charge in [-0.05, 0) is 61.2 Å². The fraction of sp³-hybridized carbons (Fsp3) is 0.800. The van der Waals surface area contributed by atoms with Crippen LogP contribution in [-0.4, -0.2) is 28.6 Å². The number of carbonyl (C=O) groups excluding carboxylic acids is 1. The molecule has 0 saturated heterocycles. The van der Waals surface area contributed by atoms with Gasteiger partial charge in [-0.1, -0.05) is 26.3 Å². The first-order chi connectivity index (χ1) is 11.3. The van der Waals surface area contributed by atoms with Gasteiger partial charge in [-0.25, -0.2) is 4.79 Å². The molecule has 1 spiro atoms. The van der Waals surface area contributed by atoms with Gasteiger partial charge in [0.25, 0.3) is 0 Å². The van der Waals surface area contributed by atoms with Crippen LogP contribution in [0.25, 0.3) is 0 Å². The van der Waals surface area contributed by atoms with Gasteiger partial charge in [-0.2, -0.15) is 0 Å². The average molecular weight is 332 g/mol. The molecule has 4 rings (SSSR count). The summed E-state index contributed by atoms with van der Waals surface area (Å²) in [6, 6.07) is 0. The van der Waals surface area contributed by atoms with Crippen LogP contribution < -0.4 is 0 Å². The van der Waals surface area contributed by atoms with Gasteiger partial charge in [-0.3, -0.25) is 0 Å². The molecule has 7 atom stereocenters. The summed E-state index contributed by atoms with van der Waals surface area (Å²) in [4.78, 5) is 23.5. The molecule has 4 nitrogen and oxygen atoms in total. The Morgan fingerprint density at radius 3 is 2.67 bits per heavy atom. The molecule has 2 N–H and O–H groups in total. The first kappa shape index (κ1) is 16.3. The third-order valence-electron chi connectivity index (χ3n) is 8.31. The number of aliphatic hydroxyl groups excluding tert-OH is 1. The molecule has 0 aliphatic heterocycles. The van der Waals surface area contributed by atoms with Crippen LogP contribution in [0.2, 0.25) is 0 Å².